The lowest BCUT2D eigenvalue weighted by Gasteiger charge is -2.03. The number of rotatable bonds is 6. The van der Waals surface area contributed by atoms with Gasteiger partial charge in [-0.05, 0) is 6.42 Å². The minimum absolute atomic E-state index is 0. The van der Waals surface area contributed by atoms with Crippen LogP contribution in [0.25, 0.3) is 0 Å². The van der Waals surface area contributed by atoms with Gasteiger partial charge in [-0.2, -0.15) is 0 Å². The van der Waals surface area contributed by atoms with Crippen molar-refractivity contribution >= 4 is 11.6 Å². The van der Waals surface area contributed by atoms with Crippen molar-refractivity contribution < 1.29 is 26.3 Å². The molecule has 0 aliphatic carbocycles. The van der Waals surface area contributed by atoms with Gasteiger partial charge in [0.25, 0.3) is 0 Å². The molecule has 0 bridgehead atoms. The van der Waals surface area contributed by atoms with Crippen molar-refractivity contribution in [3.05, 3.63) is 24.5 Å². The van der Waals surface area contributed by atoms with Crippen LogP contribution in [0.3, 0.4) is 0 Å². The van der Waals surface area contributed by atoms with Crippen molar-refractivity contribution in [3.63, 3.8) is 0 Å². The molecule has 1 N–H and O–H groups in total. The summed E-state index contributed by atoms with van der Waals surface area (Å²) in [7, 11) is 1.95. The SMILES string of the molecule is C.CCCCCCC(=O)Nc1cc[n+](C)cc1.[Br-]. The first-order valence-electron chi connectivity index (χ1n) is 5.97. The van der Waals surface area contributed by atoms with Crippen LogP contribution in [0, 0.1) is 0 Å². The number of amides is 1. The number of carbonyl (C=O) groups is 1. The Hall–Kier alpha value is -0.900. The predicted molar refractivity (Wildman–Crippen MR) is 71.7 cm³/mol. The van der Waals surface area contributed by atoms with E-state index in [4.69, 9.17) is 0 Å². The number of carbonyl (C=O) groups excluding carboxylic acids is 1. The zero-order chi connectivity index (χ0) is 11.8. The molecule has 3 nitrogen and oxygen atoms in total. The molecule has 1 aromatic heterocycles. The van der Waals surface area contributed by atoms with Gasteiger partial charge in [-0.1, -0.05) is 33.6 Å². The second kappa shape index (κ2) is 11.2. The molecule has 0 spiro atoms. The van der Waals surface area contributed by atoms with Crippen LogP contribution in [-0.2, 0) is 11.8 Å². The van der Waals surface area contributed by atoms with Crippen molar-refractivity contribution in [1.29, 1.82) is 0 Å². The average molecular weight is 317 g/mol. The molecule has 0 radical (unpaired) electrons. The highest BCUT2D eigenvalue weighted by molar-refractivity contribution is 5.90. The van der Waals surface area contributed by atoms with E-state index < -0.39 is 0 Å². The fourth-order valence-electron chi connectivity index (χ4n) is 1.52. The third kappa shape index (κ3) is 8.23. The fraction of sp³-hybridized carbons (Fsp3) is 0.571. The maximum atomic E-state index is 11.5. The molecule has 1 amide bonds. The van der Waals surface area contributed by atoms with E-state index >= 15 is 0 Å². The second-order valence-corrected chi connectivity index (χ2v) is 4.11. The minimum atomic E-state index is 0. The zero-order valence-corrected chi connectivity index (χ0v) is 12.2. The Morgan fingerprint density at radius 3 is 2.39 bits per heavy atom. The number of nitrogens with one attached hydrogen (secondary N) is 1. The van der Waals surface area contributed by atoms with Crippen molar-refractivity contribution in [2.45, 2.75) is 46.5 Å². The largest absolute Gasteiger partial charge is 1.00 e. The Kier molecular flexibility index (Phi) is 12.1. The molecule has 1 heterocycles. The summed E-state index contributed by atoms with van der Waals surface area (Å²) in [6.45, 7) is 2.17. The summed E-state index contributed by atoms with van der Waals surface area (Å²) in [6, 6.07) is 3.81. The van der Waals surface area contributed by atoms with Gasteiger partial charge in [0.15, 0.2) is 12.4 Å². The molecule has 0 aliphatic heterocycles. The number of anilines is 1. The minimum Gasteiger partial charge on any atom is -1.00 e. The Morgan fingerprint density at radius 2 is 1.83 bits per heavy atom. The molecule has 0 atom stereocenters. The van der Waals surface area contributed by atoms with Crippen molar-refractivity contribution in [2.24, 2.45) is 7.05 Å². The lowest BCUT2D eigenvalue weighted by Crippen LogP contribution is -3.00. The highest BCUT2D eigenvalue weighted by Crippen LogP contribution is 2.06. The molecular formula is C14H25BrN2O. The summed E-state index contributed by atoms with van der Waals surface area (Å²) in [5.74, 6) is 0.116. The van der Waals surface area contributed by atoms with Gasteiger partial charge < -0.3 is 22.3 Å². The number of aryl methyl sites for hydroxylation is 1. The van der Waals surface area contributed by atoms with Gasteiger partial charge in [0, 0.05) is 18.6 Å². The van der Waals surface area contributed by atoms with E-state index in [0.29, 0.717) is 6.42 Å². The van der Waals surface area contributed by atoms with Crippen LogP contribution in [0.2, 0.25) is 0 Å². The number of halogens is 1. The third-order valence-corrected chi connectivity index (χ3v) is 2.52. The molecule has 0 aromatic carbocycles. The highest BCUT2D eigenvalue weighted by Gasteiger charge is 2.02. The van der Waals surface area contributed by atoms with Gasteiger partial charge in [0.1, 0.15) is 7.05 Å². The Morgan fingerprint density at radius 1 is 1.22 bits per heavy atom. The number of pyridine rings is 1. The van der Waals surface area contributed by atoms with Gasteiger partial charge >= 0.3 is 0 Å². The standard InChI is InChI=1S/C13H20N2O.CH4.BrH/c1-3-4-5-6-7-13(16)14-12-8-10-15(2)11-9-12;;/h8-11H,3-7H2,1-2H3;1H4;1H. The summed E-state index contributed by atoms with van der Waals surface area (Å²) in [5, 5.41) is 2.89. The molecule has 1 rings (SSSR count). The van der Waals surface area contributed by atoms with E-state index in [1.807, 2.05) is 36.1 Å². The van der Waals surface area contributed by atoms with E-state index in [0.717, 1.165) is 18.5 Å². The van der Waals surface area contributed by atoms with Gasteiger partial charge in [-0.25, -0.2) is 4.57 Å². The molecule has 0 saturated carbocycles. The van der Waals surface area contributed by atoms with Crippen LogP contribution in [0.4, 0.5) is 5.69 Å². The van der Waals surface area contributed by atoms with Crippen molar-refractivity contribution in [3.8, 4) is 0 Å². The molecule has 1 aromatic rings. The Labute approximate surface area is 121 Å². The van der Waals surface area contributed by atoms with Crippen molar-refractivity contribution in [2.75, 3.05) is 5.32 Å². The summed E-state index contributed by atoms with van der Waals surface area (Å²) in [6.07, 6.45) is 9.03. The Balaban J connectivity index is 0. The third-order valence-electron chi connectivity index (χ3n) is 2.52. The maximum absolute atomic E-state index is 11.5. The van der Waals surface area contributed by atoms with E-state index in [9.17, 15) is 4.79 Å². The number of hydrogen-bond donors (Lipinski definition) is 1. The first-order valence-corrected chi connectivity index (χ1v) is 5.97. The molecule has 4 heteroatoms. The summed E-state index contributed by atoms with van der Waals surface area (Å²) in [4.78, 5) is 11.5. The van der Waals surface area contributed by atoms with Crippen LogP contribution in [0.15, 0.2) is 24.5 Å². The quantitative estimate of drug-likeness (QED) is 0.584. The average Bonchev–Trinajstić information content (AvgIpc) is 2.28. The van der Waals surface area contributed by atoms with Crippen LogP contribution in [-0.4, -0.2) is 5.91 Å². The van der Waals surface area contributed by atoms with Crippen molar-refractivity contribution in [1.82, 2.24) is 0 Å². The lowest BCUT2D eigenvalue weighted by molar-refractivity contribution is -0.671. The van der Waals surface area contributed by atoms with E-state index in [2.05, 4.69) is 12.2 Å². The summed E-state index contributed by atoms with van der Waals surface area (Å²) >= 11 is 0. The lowest BCUT2D eigenvalue weighted by atomic mass is 10.1. The number of unbranched alkanes of at least 4 members (excludes halogenated alkanes) is 3. The van der Waals surface area contributed by atoms with E-state index in [1.54, 1.807) is 0 Å². The van der Waals surface area contributed by atoms with Gasteiger partial charge in [-0.3, -0.25) is 4.79 Å². The van der Waals surface area contributed by atoms with Gasteiger partial charge in [0.05, 0.1) is 5.69 Å². The number of hydrogen-bond acceptors (Lipinski definition) is 1. The summed E-state index contributed by atoms with van der Waals surface area (Å²) < 4.78 is 1.94. The second-order valence-electron chi connectivity index (χ2n) is 4.11. The first-order chi connectivity index (χ1) is 7.72. The number of aromatic nitrogens is 1. The van der Waals surface area contributed by atoms with Gasteiger partial charge in [-0.15, -0.1) is 0 Å². The molecule has 0 fully saturated rings. The molecule has 0 saturated heterocycles. The van der Waals surface area contributed by atoms with E-state index in [1.165, 1.54) is 12.8 Å². The zero-order valence-electron chi connectivity index (χ0n) is 10.6. The topological polar surface area (TPSA) is 33.0 Å². The maximum Gasteiger partial charge on any atom is 0.224 e. The molecule has 0 aliphatic rings. The summed E-state index contributed by atoms with van der Waals surface area (Å²) in [5.41, 5.74) is 0.874. The molecule has 0 unspecified atom stereocenters. The normalized spacial score (nSPS) is 9.00. The molecular weight excluding hydrogens is 292 g/mol. The predicted octanol–water partition coefficient (Wildman–Crippen LogP) is 0.0601. The fourth-order valence-corrected chi connectivity index (χ4v) is 1.52. The van der Waals surface area contributed by atoms with Gasteiger partial charge in [0.2, 0.25) is 5.91 Å². The van der Waals surface area contributed by atoms with Crippen LogP contribution < -0.4 is 26.9 Å². The van der Waals surface area contributed by atoms with E-state index in [-0.39, 0.29) is 30.3 Å². The smallest absolute Gasteiger partial charge is 0.224 e. The Bertz CT molecular complexity index is 325. The molecule has 104 valence electrons. The highest BCUT2D eigenvalue weighted by atomic mass is 79.9. The molecule has 18 heavy (non-hydrogen) atoms. The monoisotopic (exact) mass is 316 g/mol. The van der Waals surface area contributed by atoms with Crippen LogP contribution in [0.1, 0.15) is 46.5 Å². The first kappa shape index (κ1) is 19.4. The van der Waals surface area contributed by atoms with Crippen LogP contribution in [0.5, 0.6) is 0 Å². The number of nitrogens with zero attached hydrogens (tertiary/aromatic N) is 1. The van der Waals surface area contributed by atoms with Crippen LogP contribution >= 0.6 is 0 Å².